The fourth-order valence-corrected chi connectivity index (χ4v) is 2.31. The molecule has 0 saturated heterocycles. The Hall–Kier alpha value is -1.99. The molecular formula is C13H8BrClFN5. The lowest BCUT2D eigenvalue weighted by Crippen LogP contribution is -2.01. The van der Waals surface area contributed by atoms with E-state index in [0.717, 1.165) is 0 Å². The van der Waals surface area contributed by atoms with Gasteiger partial charge in [0.15, 0.2) is 5.82 Å². The predicted octanol–water partition coefficient (Wildman–Crippen LogP) is 3.47. The number of benzene rings is 2. The van der Waals surface area contributed by atoms with Gasteiger partial charge in [0.25, 0.3) is 0 Å². The van der Waals surface area contributed by atoms with E-state index >= 15 is 0 Å². The average molecular weight is 369 g/mol. The van der Waals surface area contributed by atoms with Gasteiger partial charge in [0.05, 0.1) is 15.2 Å². The Bertz CT molecular complexity index is 820. The molecule has 2 aromatic carbocycles. The second-order valence-corrected chi connectivity index (χ2v) is 5.51. The molecule has 1 aromatic heterocycles. The Morgan fingerprint density at radius 1 is 1.19 bits per heavy atom. The number of nitrogens with zero attached hydrogens (tertiary/aromatic N) is 4. The summed E-state index contributed by atoms with van der Waals surface area (Å²) in [6.07, 6.45) is 0. The molecule has 1 heterocycles. The minimum Gasteiger partial charge on any atom is -0.399 e. The number of anilines is 1. The first kappa shape index (κ1) is 14.0. The fraction of sp³-hybridized carbons (Fsp3) is 0. The van der Waals surface area contributed by atoms with Crippen molar-refractivity contribution < 1.29 is 4.39 Å². The molecule has 0 aliphatic heterocycles. The summed E-state index contributed by atoms with van der Waals surface area (Å²) in [5, 5.41) is 11.9. The summed E-state index contributed by atoms with van der Waals surface area (Å²) >= 11 is 9.26. The highest BCUT2D eigenvalue weighted by Gasteiger charge is 2.15. The number of nitrogen functional groups attached to an aromatic ring is 1. The number of aromatic nitrogens is 4. The van der Waals surface area contributed by atoms with Crippen LogP contribution in [-0.4, -0.2) is 20.2 Å². The minimum atomic E-state index is -0.410. The first-order valence-electron chi connectivity index (χ1n) is 5.85. The van der Waals surface area contributed by atoms with Gasteiger partial charge in [-0.1, -0.05) is 11.6 Å². The normalized spacial score (nSPS) is 10.8. The number of hydrogen-bond acceptors (Lipinski definition) is 4. The van der Waals surface area contributed by atoms with Crippen LogP contribution in [0.3, 0.4) is 0 Å². The van der Waals surface area contributed by atoms with E-state index < -0.39 is 5.82 Å². The monoisotopic (exact) mass is 367 g/mol. The van der Waals surface area contributed by atoms with Gasteiger partial charge < -0.3 is 5.73 Å². The van der Waals surface area contributed by atoms with Crippen LogP contribution in [0.1, 0.15) is 0 Å². The van der Waals surface area contributed by atoms with Crippen molar-refractivity contribution in [3.05, 3.63) is 51.7 Å². The molecule has 0 atom stereocenters. The second-order valence-electron chi connectivity index (χ2n) is 4.25. The summed E-state index contributed by atoms with van der Waals surface area (Å²) < 4.78 is 15.4. The topological polar surface area (TPSA) is 69.6 Å². The van der Waals surface area contributed by atoms with Gasteiger partial charge in [-0.05, 0) is 56.7 Å². The van der Waals surface area contributed by atoms with Gasteiger partial charge in [-0.2, -0.15) is 4.68 Å². The van der Waals surface area contributed by atoms with Gasteiger partial charge in [0.2, 0.25) is 0 Å². The average Bonchev–Trinajstić information content (AvgIpc) is 2.93. The van der Waals surface area contributed by atoms with Crippen LogP contribution in [-0.2, 0) is 0 Å². The first-order valence-corrected chi connectivity index (χ1v) is 7.02. The smallest absolute Gasteiger partial charge is 0.188 e. The van der Waals surface area contributed by atoms with E-state index in [9.17, 15) is 4.39 Å². The number of tetrazole rings is 1. The molecule has 0 aliphatic rings. The maximum atomic E-state index is 13.7. The molecule has 0 saturated carbocycles. The Kier molecular flexibility index (Phi) is 3.60. The molecule has 0 radical (unpaired) electrons. The van der Waals surface area contributed by atoms with Gasteiger partial charge in [-0.15, -0.1) is 5.10 Å². The highest BCUT2D eigenvalue weighted by molar-refractivity contribution is 9.10. The molecule has 3 aromatic rings. The Labute approximate surface area is 132 Å². The van der Waals surface area contributed by atoms with Crippen molar-refractivity contribution in [3.63, 3.8) is 0 Å². The summed E-state index contributed by atoms with van der Waals surface area (Å²) in [4.78, 5) is 0. The van der Waals surface area contributed by atoms with Gasteiger partial charge in [0, 0.05) is 17.3 Å². The van der Waals surface area contributed by atoms with E-state index in [1.165, 1.54) is 10.7 Å². The lowest BCUT2D eigenvalue weighted by atomic mass is 10.2. The third kappa shape index (κ3) is 2.62. The third-order valence-electron chi connectivity index (χ3n) is 2.85. The van der Waals surface area contributed by atoms with Crippen molar-refractivity contribution in [2.24, 2.45) is 0 Å². The molecule has 3 rings (SSSR count). The summed E-state index contributed by atoms with van der Waals surface area (Å²) in [6.45, 7) is 0. The van der Waals surface area contributed by atoms with Crippen LogP contribution in [0.4, 0.5) is 10.1 Å². The summed E-state index contributed by atoms with van der Waals surface area (Å²) in [5.74, 6) is -0.0263. The van der Waals surface area contributed by atoms with Crippen LogP contribution in [0.5, 0.6) is 0 Å². The molecule has 2 N–H and O–H groups in total. The standard InChI is InChI=1S/C13H8BrClFN5/c14-10-3-2-8(6-12(10)16)21-13(18-19-20-21)9-5-7(17)1-4-11(9)15/h1-6H,17H2. The van der Waals surface area contributed by atoms with Crippen LogP contribution in [0.25, 0.3) is 17.1 Å². The SMILES string of the molecule is Nc1ccc(Cl)c(-c2nnnn2-c2ccc(Br)c(F)c2)c1. The van der Waals surface area contributed by atoms with Gasteiger partial charge >= 0.3 is 0 Å². The molecular weight excluding hydrogens is 361 g/mol. The Morgan fingerprint density at radius 3 is 2.76 bits per heavy atom. The van der Waals surface area contributed by atoms with E-state index in [0.29, 0.717) is 32.3 Å². The molecule has 5 nitrogen and oxygen atoms in total. The van der Waals surface area contributed by atoms with Crippen LogP contribution in [0, 0.1) is 5.82 Å². The lowest BCUT2D eigenvalue weighted by molar-refractivity contribution is 0.618. The van der Waals surface area contributed by atoms with E-state index in [4.69, 9.17) is 17.3 Å². The predicted molar refractivity (Wildman–Crippen MR) is 81.7 cm³/mol. The zero-order valence-electron chi connectivity index (χ0n) is 10.5. The van der Waals surface area contributed by atoms with Crippen molar-refractivity contribution in [1.29, 1.82) is 0 Å². The van der Waals surface area contributed by atoms with E-state index in [-0.39, 0.29) is 0 Å². The summed E-state index contributed by atoms with van der Waals surface area (Å²) in [7, 11) is 0. The van der Waals surface area contributed by atoms with Gasteiger partial charge in [0.1, 0.15) is 5.82 Å². The second kappa shape index (κ2) is 5.42. The van der Waals surface area contributed by atoms with Crippen LogP contribution in [0.2, 0.25) is 5.02 Å². The molecule has 0 unspecified atom stereocenters. The molecule has 21 heavy (non-hydrogen) atoms. The lowest BCUT2D eigenvalue weighted by Gasteiger charge is -2.07. The Morgan fingerprint density at radius 2 is 2.00 bits per heavy atom. The largest absolute Gasteiger partial charge is 0.399 e. The summed E-state index contributed by atoms with van der Waals surface area (Å²) in [5.41, 5.74) is 7.35. The first-order chi connectivity index (χ1) is 10.1. The van der Waals surface area contributed by atoms with Crippen molar-refractivity contribution in [2.45, 2.75) is 0 Å². The number of halogens is 3. The maximum Gasteiger partial charge on any atom is 0.188 e. The zero-order valence-corrected chi connectivity index (χ0v) is 12.8. The fourth-order valence-electron chi connectivity index (χ4n) is 1.86. The molecule has 106 valence electrons. The van der Waals surface area contributed by atoms with E-state index in [1.54, 1.807) is 30.3 Å². The zero-order chi connectivity index (χ0) is 15.0. The quantitative estimate of drug-likeness (QED) is 0.703. The third-order valence-corrected chi connectivity index (χ3v) is 3.82. The summed E-state index contributed by atoms with van der Waals surface area (Å²) in [6, 6.07) is 9.60. The number of hydrogen-bond donors (Lipinski definition) is 1. The highest BCUT2D eigenvalue weighted by atomic mass is 79.9. The molecule has 8 heteroatoms. The van der Waals surface area contributed by atoms with Crippen molar-refractivity contribution >= 4 is 33.2 Å². The van der Waals surface area contributed by atoms with Crippen LogP contribution < -0.4 is 5.73 Å². The van der Waals surface area contributed by atoms with Crippen molar-refractivity contribution in [2.75, 3.05) is 5.73 Å². The van der Waals surface area contributed by atoms with Crippen LogP contribution in [0.15, 0.2) is 40.9 Å². The van der Waals surface area contributed by atoms with Crippen LogP contribution >= 0.6 is 27.5 Å². The highest BCUT2D eigenvalue weighted by Crippen LogP contribution is 2.29. The molecule has 0 bridgehead atoms. The van der Waals surface area contributed by atoms with Gasteiger partial charge in [-0.25, -0.2) is 4.39 Å². The van der Waals surface area contributed by atoms with E-state index in [2.05, 4.69) is 31.5 Å². The number of nitrogens with two attached hydrogens (primary N) is 1. The molecule has 0 aliphatic carbocycles. The van der Waals surface area contributed by atoms with Crippen molar-refractivity contribution in [3.8, 4) is 17.1 Å². The minimum absolute atomic E-state index is 0.364. The molecule has 0 amide bonds. The Balaban J connectivity index is 2.17. The van der Waals surface area contributed by atoms with E-state index in [1.807, 2.05) is 0 Å². The maximum absolute atomic E-state index is 13.7. The molecule has 0 fully saturated rings. The molecule has 0 spiro atoms. The van der Waals surface area contributed by atoms with Crippen molar-refractivity contribution in [1.82, 2.24) is 20.2 Å². The number of rotatable bonds is 2. The van der Waals surface area contributed by atoms with Gasteiger partial charge in [-0.3, -0.25) is 0 Å².